The molecule has 1 heterocycles. The van der Waals surface area contributed by atoms with E-state index in [9.17, 15) is 14.7 Å². The third-order valence-electron chi connectivity index (χ3n) is 3.23. The van der Waals surface area contributed by atoms with Gasteiger partial charge in [0.05, 0.1) is 6.61 Å². The molecule has 1 amide bonds. The minimum atomic E-state index is -0.841. The number of carbonyl (C=O) groups is 2. The molecule has 0 saturated carbocycles. The van der Waals surface area contributed by atoms with Crippen molar-refractivity contribution in [3.8, 4) is 16.9 Å². The highest BCUT2D eigenvalue weighted by Crippen LogP contribution is 2.26. The fourth-order valence-electron chi connectivity index (χ4n) is 2.05. The summed E-state index contributed by atoms with van der Waals surface area (Å²) in [5.74, 6) is -1.51. The first-order valence-electron chi connectivity index (χ1n) is 7.34. The first-order chi connectivity index (χ1) is 11.4. The first kappa shape index (κ1) is 17.7. The number of esters is 1. The van der Waals surface area contributed by atoms with Gasteiger partial charge in [0, 0.05) is 16.8 Å². The van der Waals surface area contributed by atoms with Crippen molar-refractivity contribution in [3.05, 3.63) is 47.2 Å². The minimum absolute atomic E-state index is 0.170. The summed E-state index contributed by atoms with van der Waals surface area (Å²) in [4.78, 5) is 27.6. The highest BCUT2D eigenvalue weighted by molar-refractivity contribution is 6.30. The number of nitrogens with one attached hydrogen (secondary N) is 1. The molecule has 0 fully saturated rings. The van der Waals surface area contributed by atoms with Gasteiger partial charge in [0.25, 0.3) is 5.91 Å². The third kappa shape index (κ3) is 4.23. The number of aromatic nitrogens is 1. The molecule has 0 saturated heterocycles. The second-order valence-corrected chi connectivity index (χ2v) is 5.49. The summed E-state index contributed by atoms with van der Waals surface area (Å²) in [6.07, 6.45) is 1.45. The van der Waals surface area contributed by atoms with Crippen LogP contribution in [0.1, 0.15) is 24.3 Å². The molecule has 7 heteroatoms. The van der Waals surface area contributed by atoms with Gasteiger partial charge in [-0.1, -0.05) is 23.7 Å². The zero-order chi connectivity index (χ0) is 17.7. The second-order valence-electron chi connectivity index (χ2n) is 5.05. The molecular formula is C17H17ClN2O4. The third-order valence-corrected chi connectivity index (χ3v) is 3.46. The Morgan fingerprint density at radius 3 is 2.71 bits per heavy atom. The summed E-state index contributed by atoms with van der Waals surface area (Å²) in [5, 5.41) is 13.1. The Morgan fingerprint density at radius 1 is 1.33 bits per heavy atom. The molecule has 24 heavy (non-hydrogen) atoms. The van der Waals surface area contributed by atoms with E-state index < -0.39 is 17.9 Å². The smallest absolute Gasteiger partial charge is 0.328 e. The van der Waals surface area contributed by atoms with Crippen molar-refractivity contribution in [2.75, 3.05) is 6.61 Å². The molecule has 0 aliphatic rings. The number of hydrogen-bond donors (Lipinski definition) is 2. The van der Waals surface area contributed by atoms with Crippen molar-refractivity contribution in [1.29, 1.82) is 0 Å². The van der Waals surface area contributed by atoms with Crippen LogP contribution in [0, 0.1) is 0 Å². The van der Waals surface area contributed by atoms with Crippen LogP contribution in [0.2, 0.25) is 5.02 Å². The number of amides is 1. The normalized spacial score (nSPS) is 11.6. The summed E-state index contributed by atoms with van der Waals surface area (Å²) in [6, 6.07) is 7.62. The lowest BCUT2D eigenvalue weighted by Gasteiger charge is -2.13. The number of benzene rings is 1. The molecule has 0 aliphatic heterocycles. The number of aromatic hydroxyl groups is 1. The average Bonchev–Trinajstić information content (AvgIpc) is 2.54. The lowest BCUT2D eigenvalue weighted by molar-refractivity contribution is -0.144. The van der Waals surface area contributed by atoms with E-state index in [-0.39, 0.29) is 18.1 Å². The van der Waals surface area contributed by atoms with Gasteiger partial charge in [0.2, 0.25) is 0 Å². The van der Waals surface area contributed by atoms with Crippen LogP contribution in [0.15, 0.2) is 36.5 Å². The average molecular weight is 349 g/mol. The van der Waals surface area contributed by atoms with Crippen LogP contribution in [0.3, 0.4) is 0 Å². The number of pyridine rings is 1. The Kier molecular flexibility index (Phi) is 5.76. The van der Waals surface area contributed by atoms with E-state index in [1.54, 1.807) is 25.1 Å². The molecule has 1 aromatic heterocycles. The van der Waals surface area contributed by atoms with Gasteiger partial charge in [0.1, 0.15) is 11.8 Å². The highest BCUT2D eigenvalue weighted by atomic mass is 35.5. The van der Waals surface area contributed by atoms with Gasteiger partial charge < -0.3 is 15.2 Å². The maximum atomic E-state index is 12.1. The van der Waals surface area contributed by atoms with Crippen molar-refractivity contribution in [3.63, 3.8) is 0 Å². The van der Waals surface area contributed by atoms with Crippen LogP contribution < -0.4 is 5.32 Å². The molecular weight excluding hydrogens is 332 g/mol. The predicted molar refractivity (Wildman–Crippen MR) is 89.9 cm³/mol. The Bertz CT molecular complexity index is 764. The Morgan fingerprint density at radius 2 is 2.08 bits per heavy atom. The number of rotatable bonds is 5. The van der Waals surface area contributed by atoms with Crippen molar-refractivity contribution >= 4 is 23.5 Å². The van der Waals surface area contributed by atoms with Crippen LogP contribution in [0.4, 0.5) is 0 Å². The van der Waals surface area contributed by atoms with E-state index in [1.807, 2.05) is 6.07 Å². The molecule has 0 aliphatic carbocycles. The van der Waals surface area contributed by atoms with Gasteiger partial charge in [-0.15, -0.1) is 0 Å². The molecule has 126 valence electrons. The molecule has 6 nitrogen and oxygen atoms in total. The summed E-state index contributed by atoms with van der Waals surface area (Å²) in [6.45, 7) is 3.39. The van der Waals surface area contributed by atoms with E-state index in [1.165, 1.54) is 19.2 Å². The SMILES string of the molecule is CCOC(=O)C(C)NC(=O)c1ncc(-c2cccc(Cl)c2)cc1O. The number of nitrogens with zero attached hydrogens (tertiary/aromatic N) is 1. The summed E-state index contributed by atoms with van der Waals surface area (Å²) in [7, 11) is 0. The standard InChI is InChI=1S/C17H17ClN2O4/c1-3-24-17(23)10(2)20-16(22)15-14(21)8-12(9-19-15)11-5-4-6-13(18)7-11/h4-10,21H,3H2,1-2H3,(H,20,22). The summed E-state index contributed by atoms with van der Waals surface area (Å²) in [5.41, 5.74) is 1.21. The summed E-state index contributed by atoms with van der Waals surface area (Å²) >= 11 is 5.94. The first-order valence-corrected chi connectivity index (χ1v) is 7.72. The van der Waals surface area contributed by atoms with Gasteiger partial charge in [-0.05, 0) is 37.6 Å². The zero-order valence-electron chi connectivity index (χ0n) is 13.2. The number of halogens is 1. The molecule has 1 unspecified atom stereocenters. The van der Waals surface area contributed by atoms with Crippen LogP contribution in [-0.2, 0) is 9.53 Å². The van der Waals surface area contributed by atoms with Gasteiger partial charge in [-0.25, -0.2) is 9.78 Å². The quantitative estimate of drug-likeness (QED) is 0.811. The Labute approximate surface area is 144 Å². The molecule has 1 atom stereocenters. The van der Waals surface area contributed by atoms with E-state index >= 15 is 0 Å². The molecule has 2 N–H and O–H groups in total. The molecule has 0 bridgehead atoms. The van der Waals surface area contributed by atoms with Crippen molar-refractivity contribution in [1.82, 2.24) is 10.3 Å². The molecule has 2 rings (SSSR count). The van der Waals surface area contributed by atoms with E-state index in [0.717, 1.165) is 5.56 Å². The lowest BCUT2D eigenvalue weighted by Crippen LogP contribution is -2.39. The van der Waals surface area contributed by atoms with Crippen LogP contribution in [0.25, 0.3) is 11.1 Å². The van der Waals surface area contributed by atoms with E-state index in [2.05, 4.69) is 10.3 Å². The van der Waals surface area contributed by atoms with Crippen molar-refractivity contribution in [2.24, 2.45) is 0 Å². The monoisotopic (exact) mass is 348 g/mol. The van der Waals surface area contributed by atoms with Gasteiger partial charge in [-0.2, -0.15) is 0 Å². The largest absolute Gasteiger partial charge is 0.505 e. The molecule has 1 aromatic carbocycles. The van der Waals surface area contributed by atoms with Crippen LogP contribution >= 0.6 is 11.6 Å². The number of ether oxygens (including phenoxy) is 1. The second kappa shape index (κ2) is 7.79. The lowest BCUT2D eigenvalue weighted by atomic mass is 10.1. The zero-order valence-corrected chi connectivity index (χ0v) is 14.0. The number of hydrogen-bond acceptors (Lipinski definition) is 5. The molecule has 2 aromatic rings. The van der Waals surface area contributed by atoms with Crippen molar-refractivity contribution < 1.29 is 19.4 Å². The Balaban J connectivity index is 2.17. The molecule has 0 spiro atoms. The summed E-state index contributed by atoms with van der Waals surface area (Å²) < 4.78 is 4.81. The van der Waals surface area contributed by atoms with Gasteiger partial charge in [0.15, 0.2) is 5.69 Å². The van der Waals surface area contributed by atoms with Crippen LogP contribution in [-0.4, -0.2) is 34.6 Å². The highest BCUT2D eigenvalue weighted by Gasteiger charge is 2.20. The number of carbonyl (C=O) groups excluding carboxylic acids is 2. The topological polar surface area (TPSA) is 88.5 Å². The molecule has 0 radical (unpaired) electrons. The maximum absolute atomic E-state index is 12.1. The van der Waals surface area contributed by atoms with Gasteiger partial charge in [-0.3, -0.25) is 4.79 Å². The van der Waals surface area contributed by atoms with Gasteiger partial charge >= 0.3 is 5.97 Å². The predicted octanol–water partition coefficient (Wildman–Crippen LogP) is 2.79. The fourth-order valence-corrected chi connectivity index (χ4v) is 2.24. The minimum Gasteiger partial charge on any atom is -0.505 e. The van der Waals surface area contributed by atoms with Crippen LogP contribution in [0.5, 0.6) is 5.75 Å². The fraction of sp³-hybridized carbons (Fsp3) is 0.235. The maximum Gasteiger partial charge on any atom is 0.328 e. The van der Waals surface area contributed by atoms with E-state index in [4.69, 9.17) is 16.3 Å². The van der Waals surface area contributed by atoms with E-state index in [0.29, 0.717) is 10.6 Å². The Hall–Kier alpha value is -2.60. The van der Waals surface area contributed by atoms with Crippen molar-refractivity contribution in [2.45, 2.75) is 19.9 Å².